The van der Waals surface area contributed by atoms with Crippen LogP contribution in [0, 0.1) is 0 Å². The number of nitrogens with one attached hydrogen (secondary N) is 1. The van der Waals surface area contributed by atoms with Crippen molar-refractivity contribution in [3.63, 3.8) is 0 Å². The number of ether oxygens (including phenoxy) is 1. The van der Waals surface area contributed by atoms with Crippen molar-refractivity contribution in [2.45, 2.75) is 13.0 Å². The van der Waals surface area contributed by atoms with Crippen LogP contribution in [0.3, 0.4) is 0 Å². The summed E-state index contributed by atoms with van der Waals surface area (Å²) in [5.74, 6) is -0.686. The molecular weight excluding hydrogens is 322 g/mol. The molecule has 0 aliphatic carbocycles. The van der Waals surface area contributed by atoms with E-state index in [-0.39, 0.29) is 18.6 Å². The molecule has 1 aliphatic heterocycles. The monoisotopic (exact) mass is 338 g/mol. The lowest BCUT2D eigenvalue weighted by Gasteiger charge is -2.26. The van der Waals surface area contributed by atoms with E-state index in [1.54, 1.807) is 29.2 Å². The lowest BCUT2D eigenvalue weighted by molar-refractivity contribution is 0.0918. The SMILES string of the molecule is O=C(OCc1ccc(-c2nnc(C(F)F)o2)cc1)N1CCNCC1. The molecule has 24 heavy (non-hydrogen) atoms. The summed E-state index contributed by atoms with van der Waals surface area (Å²) in [7, 11) is 0. The van der Waals surface area contributed by atoms with Crippen LogP contribution in [0.2, 0.25) is 0 Å². The lowest BCUT2D eigenvalue weighted by atomic mass is 10.1. The van der Waals surface area contributed by atoms with Crippen LogP contribution >= 0.6 is 0 Å². The van der Waals surface area contributed by atoms with Crippen molar-refractivity contribution in [3.05, 3.63) is 35.7 Å². The van der Waals surface area contributed by atoms with Gasteiger partial charge in [-0.2, -0.15) is 8.78 Å². The number of benzene rings is 1. The first-order valence-electron chi connectivity index (χ1n) is 7.47. The number of rotatable bonds is 4. The van der Waals surface area contributed by atoms with Crippen LogP contribution < -0.4 is 5.32 Å². The fraction of sp³-hybridized carbons (Fsp3) is 0.400. The molecule has 1 N–H and O–H groups in total. The Morgan fingerprint density at radius 1 is 1.25 bits per heavy atom. The Labute approximate surface area is 136 Å². The second-order valence-corrected chi connectivity index (χ2v) is 5.23. The topological polar surface area (TPSA) is 80.5 Å². The van der Waals surface area contributed by atoms with E-state index in [0.717, 1.165) is 18.7 Å². The van der Waals surface area contributed by atoms with Crippen molar-refractivity contribution in [1.82, 2.24) is 20.4 Å². The Hall–Kier alpha value is -2.55. The summed E-state index contributed by atoms with van der Waals surface area (Å²) in [6, 6.07) is 6.73. The summed E-state index contributed by atoms with van der Waals surface area (Å²) >= 11 is 0. The minimum absolute atomic E-state index is 0.0228. The van der Waals surface area contributed by atoms with Gasteiger partial charge in [0.05, 0.1) is 0 Å². The van der Waals surface area contributed by atoms with Crippen molar-refractivity contribution in [2.75, 3.05) is 26.2 Å². The number of piperazine rings is 1. The molecule has 128 valence electrons. The van der Waals surface area contributed by atoms with Crippen molar-refractivity contribution in [1.29, 1.82) is 0 Å². The normalized spacial score (nSPS) is 14.9. The first kappa shape index (κ1) is 16.3. The highest BCUT2D eigenvalue weighted by Crippen LogP contribution is 2.23. The largest absolute Gasteiger partial charge is 0.445 e. The van der Waals surface area contributed by atoms with Crippen LogP contribution in [-0.2, 0) is 11.3 Å². The highest BCUT2D eigenvalue weighted by atomic mass is 19.3. The van der Waals surface area contributed by atoms with Crippen molar-refractivity contribution >= 4 is 6.09 Å². The van der Waals surface area contributed by atoms with E-state index in [9.17, 15) is 13.6 Å². The molecule has 1 aromatic heterocycles. The van der Waals surface area contributed by atoms with Gasteiger partial charge in [-0.3, -0.25) is 0 Å². The fourth-order valence-electron chi connectivity index (χ4n) is 2.27. The smallest absolute Gasteiger partial charge is 0.410 e. The molecule has 0 saturated carbocycles. The third-order valence-electron chi connectivity index (χ3n) is 3.57. The average molecular weight is 338 g/mol. The molecule has 7 nitrogen and oxygen atoms in total. The van der Waals surface area contributed by atoms with Gasteiger partial charge in [-0.15, -0.1) is 10.2 Å². The van der Waals surface area contributed by atoms with Gasteiger partial charge in [0.15, 0.2) is 0 Å². The van der Waals surface area contributed by atoms with Gasteiger partial charge in [0.1, 0.15) is 6.61 Å². The van der Waals surface area contributed by atoms with Gasteiger partial charge in [0.2, 0.25) is 5.89 Å². The molecule has 2 heterocycles. The van der Waals surface area contributed by atoms with Crippen molar-refractivity contribution < 1.29 is 22.7 Å². The predicted octanol–water partition coefficient (Wildman–Crippen LogP) is 2.22. The van der Waals surface area contributed by atoms with Gasteiger partial charge in [0, 0.05) is 31.7 Å². The fourth-order valence-corrected chi connectivity index (χ4v) is 2.27. The number of carbonyl (C=O) groups excluding carboxylic acids is 1. The first-order valence-corrected chi connectivity index (χ1v) is 7.47. The summed E-state index contributed by atoms with van der Waals surface area (Å²) in [5.41, 5.74) is 1.29. The van der Waals surface area contributed by atoms with Crippen LogP contribution in [0.4, 0.5) is 13.6 Å². The van der Waals surface area contributed by atoms with Gasteiger partial charge in [-0.05, 0) is 17.7 Å². The van der Waals surface area contributed by atoms with Gasteiger partial charge in [-0.1, -0.05) is 12.1 Å². The maximum absolute atomic E-state index is 12.4. The van der Waals surface area contributed by atoms with Crippen molar-refractivity contribution in [3.8, 4) is 11.5 Å². The van der Waals surface area contributed by atoms with Gasteiger partial charge < -0.3 is 19.4 Å². The molecule has 0 atom stereocenters. The van der Waals surface area contributed by atoms with Gasteiger partial charge >= 0.3 is 12.5 Å². The lowest BCUT2D eigenvalue weighted by Crippen LogP contribution is -2.46. The quantitative estimate of drug-likeness (QED) is 0.921. The third kappa shape index (κ3) is 3.85. The zero-order chi connectivity index (χ0) is 16.9. The van der Waals surface area contributed by atoms with E-state index in [1.165, 1.54) is 0 Å². The molecule has 0 unspecified atom stereocenters. The molecule has 0 spiro atoms. The number of hydrogen-bond donors (Lipinski definition) is 1. The van der Waals surface area contributed by atoms with E-state index in [0.29, 0.717) is 18.7 Å². The third-order valence-corrected chi connectivity index (χ3v) is 3.57. The highest BCUT2D eigenvalue weighted by Gasteiger charge is 2.18. The number of aromatic nitrogens is 2. The average Bonchev–Trinajstić information content (AvgIpc) is 3.11. The van der Waals surface area contributed by atoms with E-state index < -0.39 is 12.3 Å². The van der Waals surface area contributed by atoms with Crippen LogP contribution in [0.25, 0.3) is 11.5 Å². The second-order valence-electron chi connectivity index (χ2n) is 5.23. The summed E-state index contributed by atoms with van der Waals surface area (Å²) < 4.78 is 35.0. The van der Waals surface area contributed by atoms with Crippen LogP contribution in [0.15, 0.2) is 28.7 Å². The first-order chi connectivity index (χ1) is 11.6. The zero-order valence-electron chi connectivity index (χ0n) is 12.7. The standard InChI is InChI=1S/C15H16F2N4O3/c16-12(17)14-20-19-13(24-14)11-3-1-10(2-4-11)9-23-15(22)21-7-5-18-6-8-21/h1-4,12,18H,5-9H2. The molecule has 0 radical (unpaired) electrons. The van der Waals surface area contributed by atoms with Crippen LogP contribution in [-0.4, -0.2) is 47.4 Å². The predicted molar refractivity (Wildman–Crippen MR) is 79.3 cm³/mol. The summed E-state index contributed by atoms with van der Waals surface area (Å²) in [5, 5.41) is 10.0. The molecule has 1 saturated heterocycles. The van der Waals surface area contributed by atoms with E-state index >= 15 is 0 Å². The molecule has 2 aromatic rings. The molecular formula is C15H16F2N4O3. The van der Waals surface area contributed by atoms with E-state index in [4.69, 9.17) is 9.15 Å². The summed E-state index contributed by atoms with van der Waals surface area (Å²) in [6.45, 7) is 2.90. The Bertz CT molecular complexity index is 684. The van der Waals surface area contributed by atoms with Crippen LogP contribution in [0.1, 0.15) is 17.9 Å². The Balaban J connectivity index is 1.57. The van der Waals surface area contributed by atoms with E-state index in [1.807, 2.05) is 0 Å². The van der Waals surface area contributed by atoms with Gasteiger partial charge in [-0.25, -0.2) is 4.79 Å². The number of alkyl halides is 2. The molecule has 1 aliphatic rings. The second kappa shape index (κ2) is 7.35. The maximum Gasteiger partial charge on any atom is 0.410 e. The van der Waals surface area contributed by atoms with Crippen molar-refractivity contribution in [2.24, 2.45) is 0 Å². The minimum atomic E-state index is -2.80. The van der Waals surface area contributed by atoms with E-state index in [2.05, 4.69) is 15.5 Å². The number of hydrogen-bond acceptors (Lipinski definition) is 6. The molecule has 9 heteroatoms. The molecule has 3 rings (SSSR count). The minimum Gasteiger partial charge on any atom is -0.445 e. The number of amides is 1. The maximum atomic E-state index is 12.4. The Kier molecular flexibility index (Phi) is 4.99. The highest BCUT2D eigenvalue weighted by molar-refractivity contribution is 5.67. The number of carbonyl (C=O) groups is 1. The number of nitrogens with zero attached hydrogens (tertiary/aromatic N) is 3. The Morgan fingerprint density at radius 3 is 2.58 bits per heavy atom. The molecule has 1 amide bonds. The molecule has 1 aromatic carbocycles. The van der Waals surface area contributed by atoms with Gasteiger partial charge in [0.25, 0.3) is 5.89 Å². The molecule has 0 bridgehead atoms. The van der Waals surface area contributed by atoms with Crippen LogP contribution in [0.5, 0.6) is 0 Å². The zero-order valence-corrected chi connectivity index (χ0v) is 12.7. The Morgan fingerprint density at radius 2 is 1.96 bits per heavy atom. The number of halogens is 2. The summed E-state index contributed by atoms with van der Waals surface area (Å²) in [6.07, 6.45) is -3.14. The molecule has 1 fully saturated rings. The summed E-state index contributed by atoms with van der Waals surface area (Å²) in [4.78, 5) is 13.5.